The molecule has 2 heterocycles. The van der Waals surface area contributed by atoms with Gasteiger partial charge in [-0.25, -0.2) is 4.67 Å². The Morgan fingerprint density at radius 1 is 1.18 bits per heavy atom. The summed E-state index contributed by atoms with van der Waals surface area (Å²) in [4.78, 5) is 4.03. The van der Waals surface area contributed by atoms with Crippen molar-refractivity contribution in [1.29, 1.82) is 0 Å². The van der Waals surface area contributed by atoms with E-state index in [1.54, 1.807) is 12.4 Å². The van der Waals surface area contributed by atoms with E-state index in [9.17, 15) is 4.57 Å². The van der Waals surface area contributed by atoms with Gasteiger partial charge >= 0.3 is 0 Å². The van der Waals surface area contributed by atoms with Gasteiger partial charge in [-0.1, -0.05) is 20.8 Å². The van der Waals surface area contributed by atoms with Crippen LogP contribution in [0.25, 0.3) is 0 Å². The highest BCUT2D eigenvalue weighted by atomic mass is 31.2. The molecular weight excluding hydrogens is 231 g/mol. The van der Waals surface area contributed by atoms with Crippen molar-refractivity contribution >= 4 is 12.6 Å². The number of pyridine rings is 1. The third-order valence-electron chi connectivity index (χ3n) is 3.40. The number of rotatable bonds is 2. The zero-order valence-corrected chi connectivity index (χ0v) is 11.8. The van der Waals surface area contributed by atoms with Crippen LogP contribution in [0.3, 0.4) is 0 Å². The lowest BCUT2D eigenvalue weighted by Gasteiger charge is -2.38. The molecule has 0 aliphatic carbocycles. The average Bonchev–Trinajstić information content (AvgIpc) is 2.81. The SMILES string of the molecule is CC(C)(C)[P@@](=O)(c1ccncc1)N1CCCC1. The van der Waals surface area contributed by atoms with Gasteiger partial charge in [-0.05, 0) is 25.0 Å². The minimum absolute atomic E-state index is 0.224. The first kappa shape index (κ1) is 12.8. The molecule has 1 aromatic heterocycles. The lowest BCUT2D eigenvalue weighted by Crippen LogP contribution is -2.34. The van der Waals surface area contributed by atoms with Crippen molar-refractivity contribution in [2.24, 2.45) is 0 Å². The van der Waals surface area contributed by atoms with Gasteiger partial charge < -0.3 is 4.57 Å². The maximum absolute atomic E-state index is 13.5. The fourth-order valence-electron chi connectivity index (χ4n) is 2.50. The third-order valence-corrected chi connectivity index (χ3v) is 7.42. The summed E-state index contributed by atoms with van der Waals surface area (Å²) in [7, 11) is -2.51. The highest BCUT2D eigenvalue weighted by Gasteiger charge is 2.44. The van der Waals surface area contributed by atoms with Crippen LogP contribution >= 0.6 is 7.29 Å². The molecule has 1 aliphatic heterocycles. The fraction of sp³-hybridized carbons (Fsp3) is 0.615. The van der Waals surface area contributed by atoms with Gasteiger partial charge in [-0.3, -0.25) is 4.98 Å². The lowest BCUT2D eigenvalue weighted by atomic mass is 10.3. The van der Waals surface area contributed by atoms with Gasteiger partial charge in [-0.2, -0.15) is 0 Å². The Labute approximate surface area is 104 Å². The van der Waals surface area contributed by atoms with Crippen molar-refractivity contribution in [3.63, 3.8) is 0 Å². The van der Waals surface area contributed by atoms with E-state index in [2.05, 4.69) is 30.4 Å². The molecule has 0 spiro atoms. The van der Waals surface area contributed by atoms with Crippen LogP contribution in [-0.2, 0) is 4.57 Å². The van der Waals surface area contributed by atoms with Gasteiger partial charge in [0.05, 0.1) is 0 Å². The standard InChI is InChI=1S/C13H21N2OP/c1-13(2,3)17(16,15-10-4-5-11-15)12-6-8-14-9-7-12/h6-9H,4-5,10-11H2,1-3H3/t17-/m0/s1. The zero-order chi connectivity index (χ0) is 12.5. The molecule has 0 N–H and O–H groups in total. The average molecular weight is 252 g/mol. The lowest BCUT2D eigenvalue weighted by molar-refractivity contribution is 0.457. The van der Waals surface area contributed by atoms with Crippen LogP contribution in [0, 0.1) is 0 Å². The Morgan fingerprint density at radius 2 is 1.71 bits per heavy atom. The summed E-state index contributed by atoms with van der Waals surface area (Å²) < 4.78 is 15.7. The first-order chi connectivity index (χ1) is 7.96. The maximum Gasteiger partial charge on any atom is 0.183 e. The molecule has 0 unspecified atom stereocenters. The molecule has 2 rings (SSSR count). The molecule has 0 radical (unpaired) electrons. The van der Waals surface area contributed by atoms with E-state index in [1.165, 1.54) is 0 Å². The molecule has 0 aromatic carbocycles. The summed E-state index contributed by atoms with van der Waals surface area (Å²) in [6.07, 6.45) is 5.80. The zero-order valence-electron chi connectivity index (χ0n) is 10.9. The quantitative estimate of drug-likeness (QED) is 0.759. The largest absolute Gasteiger partial charge is 0.301 e. The van der Waals surface area contributed by atoms with Gasteiger partial charge in [0, 0.05) is 35.9 Å². The summed E-state index contributed by atoms with van der Waals surface area (Å²) in [5.74, 6) is 0. The summed E-state index contributed by atoms with van der Waals surface area (Å²) in [6.45, 7) is 8.14. The van der Waals surface area contributed by atoms with Gasteiger partial charge in [0.25, 0.3) is 0 Å². The summed E-state index contributed by atoms with van der Waals surface area (Å²) >= 11 is 0. The third kappa shape index (κ3) is 2.19. The van der Waals surface area contributed by atoms with Crippen LogP contribution < -0.4 is 5.30 Å². The minimum atomic E-state index is -2.51. The molecule has 0 saturated carbocycles. The molecule has 3 nitrogen and oxygen atoms in total. The van der Waals surface area contributed by atoms with Crippen LogP contribution in [0.15, 0.2) is 24.5 Å². The highest BCUT2D eigenvalue weighted by molar-refractivity contribution is 7.70. The van der Waals surface area contributed by atoms with Crippen LogP contribution in [0.5, 0.6) is 0 Å². The summed E-state index contributed by atoms with van der Waals surface area (Å²) in [5.41, 5.74) is 0. The predicted molar refractivity (Wildman–Crippen MR) is 72.0 cm³/mol. The summed E-state index contributed by atoms with van der Waals surface area (Å²) in [5, 5.41) is 0.723. The predicted octanol–water partition coefficient (Wildman–Crippen LogP) is 2.88. The number of nitrogens with zero attached hydrogens (tertiary/aromatic N) is 2. The highest BCUT2D eigenvalue weighted by Crippen LogP contribution is 2.60. The van der Waals surface area contributed by atoms with Gasteiger partial charge in [0.15, 0.2) is 7.29 Å². The van der Waals surface area contributed by atoms with Crippen molar-refractivity contribution < 1.29 is 4.57 Å². The Balaban J connectivity index is 2.48. The second kappa shape index (κ2) is 4.55. The van der Waals surface area contributed by atoms with Crippen LogP contribution in [0.2, 0.25) is 0 Å². The first-order valence-electron chi connectivity index (χ1n) is 6.22. The van der Waals surface area contributed by atoms with Crippen molar-refractivity contribution in [2.45, 2.75) is 38.8 Å². The molecule has 1 atom stereocenters. The van der Waals surface area contributed by atoms with Gasteiger partial charge in [0.1, 0.15) is 0 Å². The van der Waals surface area contributed by atoms with E-state index in [0.29, 0.717) is 0 Å². The Morgan fingerprint density at radius 3 is 2.18 bits per heavy atom. The van der Waals surface area contributed by atoms with Crippen LogP contribution in [-0.4, -0.2) is 27.9 Å². The number of aromatic nitrogens is 1. The topological polar surface area (TPSA) is 33.2 Å². The molecule has 0 amide bonds. The van der Waals surface area contributed by atoms with Crippen molar-refractivity contribution in [1.82, 2.24) is 9.65 Å². The number of hydrogen-bond acceptors (Lipinski definition) is 2. The van der Waals surface area contributed by atoms with Gasteiger partial charge in [-0.15, -0.1) is 0 Å². The molecule has 17 heavy (non-hydrogen) atoms. The smallest absolute Gasteiger partial charge is 0.183 e. The molecule has 1 fully saturated rings. The monoisotopic (exact) mass is 252 g/mol. The van der Waals surface area contributed by atoms with Crippen molar-refractivity contribution in [3.05, 3.63) is 24.5 Å². The van der Waals surface area contributed by atoms with E-state index in [-0.39, 0.29) is 5.16 Å². The molecule has 4 heteroatoms. The van der Waals surface area contributed by atoms with E-state index in [4.69, 9.17) is 0 Å². The molecule has 1 aliphatic rings. The normalized spacial score (nSPS) is 21.4. The van der Waals surface area contributed by atoms with E-state index in [1.807, 2.05) is 12.1 Å². The van der Waals surface area contributed by atoms with Crippen LogP contribution in [0.4, 0.5) is 0 Å². The molecular formula is C13H21N2OP. The van der Waals surface area contributed by atoms with E-state index in [0.717, 1.165) is 31.2 Å². The van der Waals surface area contributed by atoms with E-state index >= 15 is 0 Å². The summed E-state index contributed by atoms with van der Waals surface area (Å²) in [6, 6.07) is 3.81. The molecule has 1 aromatic rings. The maximum atomic E-state index is 13.5. The number of hydrogen-bond donors (Lipinski definition) is 0. The van der Waals surface area contributed by atoms with Gasteiger partial charge in [0.2, 0.25) is 0 Å². The minimum Gasteiger partial charge on any atom is -0.301 e. The fourth-order valence-corrected chi connectivity index (χ4v) is 5.84. The van der Waals surface area contributed by atoms with E-state index < -0.39 is 7.29 Å². The Kier molecular flexibility index (Phi) is 3.42. The first-order valence-corrected chi connectivity index (χ1v) is 7.88. The van der Waals surface area contributed by atoms with Crippen LogP contribution in [0.1, 0.15) is 33.6 Å². The second-order valence-electron chi connectivity index (χ2n) is 5.61. The Bertz CT molecular complexity index is 419. The van der Waals surface area contributed by atoms with Crippen molar-refractivity contribution in [2.75, 3.05) is 13.1 Å². The molecule has 94 valence electrons. The molecule has 0 bridgehead atoms. The van der Waals surface area contributed by atoms with Crippen molar-refractivity contribution in [3.8, 4) is 0 Å². The molecule has 1 saturated heterocycles. The Hall–Kier alpha value is -0.660. The second-order valence-corrected chi connectivity index (χ2v) is 9.19.